The molecular formula is C28H26N4O4S. The predicted octanol–water partition coefficient (Wildman–Crippen LogP) is 4.78. The zero-order valence-corrected chi connectivity index (χ0v) is 21.1. The van der Waals surface area contributed by atoms with Crippen LogP contribution in [0, 0.1) is 11.3 Å². The molecule has 188 valence electrons. The predicted molar refractivity (Wildman–Crippen MR) is 143 cm³/mol. The van der Waals surface area contributed by atoms with Crippen LogP contribution < -0.4 is 20.3 Å². The number of nitriles is 1. The van der Waals surface area contributed by atoms with Gasteiger partial charge in [-0.1, -0.05) is 18.2 Å². The van der Waals surface area contributed by atoms with Crippen LogP contribution in [0.15, 0.2) is 65.6 Å². The minimum atomic E-state index is -0.373. The molecule has 0 aliphatic carbocycles. The fourth-order valence-electron chi connectivity index (χ4n) is 4.43. The van der Waals surface area contributed by atoms with Gasteiger partial charge in [0.1, 0.15) is 11.9 Å². The van der Waals surface area contributed by atoms with E-state index < -0.39 is 0 Å². The summed E-state index contributed by atoms with van der Waals surface area (Å²) < 4.78 is 10.9. The highest BCUT2D eigenvalue weighted by molar-refractivity contribution is 8.00. The molecule has 1 fully saturated rings. The Morgan fingerprint density at radius 2 is 2.05 bits per heavy atom. The first-order valence-corrected chi connectivity index (χ1v) is 12.9. The molecule has 2 heterocycles. The van der Waals surface area contributed by atoms with Crippen molar-refractivity contribution in [2.75, 3.05) is 36.2 Å². The van der Waals surface area contributed by atoms with Gasteiger partial charge in [0.2, 0.25) is 5.91 Å². The van der Waals surface area contributed by atoms with E-state index in [-0.39, 0.29) is 18.1 Å². The van der Waals surface area contributed by atoms with Crippen LogP contribution in [-0.2, 0) is 16.1 Å². The van der Waals surface area contributed by atoms with Crippen molar-refractivity contribution in [3.8, 4) is 22.9 Å². The maximum atomic E-state index is 12.5. The molecule has 0 saturated carbocycles. The number of anilines is 2. The SMILES string of the molecule is COc1cc(C#N)cc(-c2cccc(CNCCC3CN(c4ccc5c(c4)NC(=O)CS5)C(=O)O3)c2)c1. The van der Waals surface area contributed by atoms with E-state index in [2.05, 4.69) is 22.8 Å². The van der Waals surface area contributed by atoms with Crippen LogP contribution in [0.4, 0.5) is 16.2 Å². The Morgan fingerprint density at radius 3 is 2.89 bits per heavy atom. The quantitative estimate of drug-likeness (QED) is 0.417. The van der Waals surface area contributed by atoms with Crippen LogP contribution in [0.1, 0.15) is 17.5 Å². The number of benzene rings is 3. The van der Waals surface area contributed by atoms with E-state index in [0.29, 0.717) is 43.1 Å². The van der Waals surface area contributed by atoms with Crippen LogP contribution in [-0.4, -0.2) is 44.1 Å². The molecule has 37 heavy (non-hydrogen) atoms. The van der Waals surface area contributed by atoms with Gasteiger partial charge in [-0.25, -0.2) is 4.79 Å². The molecule has 8 nitrogen and oxygen atoms in total. The van der Waals surface area contributed by atoms with Crippen LogP contribution in [0.2, 0.25) is 0 Å². The van der Waals surface area contributed by atoms with Gasteiger partial charge < -0.3 is 20.1 Å². The normalized spacial score (nSPS) is 16.5. The van der Waals surface area contributed by atoms with Crippen molar-refractivity contribution in [2.45, 2.75) is 24.0 Å². The largest absolute Gasteiger partial charge is 0.497 e. The Balaban J connectivity index is 1.15. The molecule has 2 aliphatic heterocycles. The molecule has 9 heteroatoms. The summed E-state index contributed by atoms with van der Waals surface area (Å²) in [5.41, 5.74) is 5.05. The Morgan fingerprint density at radius 1 is 1.16 bits per heavy atom. The fourth-order valence-corrected chi connectivity index (χ4v) is 5.21. The van der Waals surface area contributed by atoms with Crippen LogP contribution in [0.5, 0.6) is 5.75 Å². The lowest BCUT2D eigenvalue weighted by Gasteiger charge is -2.20. The third-order valence-electron chi connectivity index (χ3n) is 6.29. The zero-order valence-electron chi connectivity index (χ0n) is 20.3. The molecule has 0 aromatic heterocycles. The molecular weight excluding hydrogens is 488 g/mol. The number of nitrogens with one attached hydrogen (secondary N) is 2. The molecule has 1 unspecified atom stereocenters. The van der Waals surface area contributed by atoms with Crippen molar-refractivity contribution in [2.24, 2.45) is 0 Å². The van der Waals surface area contributed by atoms with Crippen LogP contribution in [0.3, 0.4) is 0 Å². The van der Waals surface area contributed by atoms with Crippen molar-refractivity contribution < 1.29 is 19.1 Å². The number of hydrogen-bond donors (Lipinski definition) is 2. The van der Waals surface area contributed by atoms with Crippen LogP contribution >= 0.6 is 11.8 Å². The summed E-state index contributed by atoms with van der Waals surface area (Å²) in [5, 5.41) is 15.6. The molecule has 0 radical (unpaired) electrons. The molecule has 5 rings (SSSR count). The van der Waals surface area contributed by atoms with E-state index >= 15 is 0 Å². The summed E-state index contributed by atoms with van der Waals surface area (Å²) in [6.45, 7) is 1.81. The minimum Gasteiger partial charge on any atom is -0.497 e. The Labute approximate surface area is 219 Å². The van der Waals surface area contributed by atoms with E-state index in [9.17, 15) is 14.9 Å². The maximum Gasteiger partial charge on any atom is 0.414 e. The first-order chi connectivity index (χ1) is 18.0. The number of carbonyl (C=O) groups excluding carboxylic acids is 2. The summed E-state index contributed by atoms with van der Waals surface area (Å²) >= 11 is 1.49. The lowest BCUT2D eigenvalue weighted by atomic mass is 10.0. The third kappa shape index (κ3) is 5.71. The zero-order chi connectivity index (χ0) is 25.8. The van der Waals surface area contributed by atoms with Gasteiger partial charge in [-0.05, 0) is 72.1 Å². The van der Waals surface area contributed by atoms with E-state index in [1.165, 1.54) is 11.8 Å². The summed E-state index contributed by atoms with van der Waals surface area (Å²) in [7, 11) is 1.59. The molecule has 1 atom stereocenters. The molecule has 1 saturated heterocycles. The summed E-state index contributed by atoms with van der Waals surface area (Å²) in [5.74, 6) is 1.01. The summed E-state index contributed by atoms with van der Waals surface area (Å²) in [6, 6.07) is 21.5. The van der Waals surface area contributed by atoms with Gasteiger partial charge in [-0.15, -0.1) is 11.8 Å². The Hall–Kier alpha value is -4.00. The average Bonchev–Trinajstić information content (AvgIpc) is 3.30. The van der Waals surface area contributed by atoms with Gasteiger partial charge >= 0.3 is 6.09 Å². The minimum absolute atomic E-state index is 0.0384. The second-order valence-corrected chi connectivity index (χ2v) is 9.88. The number of carbonyl (C=O) groups is 2. The van der Waals surface area contributed by atoms with Gasteiger partial charge in [0, 0.05) is 17.1 Å². The van der Waals surface area contributed by atoms with Crippen molar-refractivity contribution in [3.63, 3.8) is 0 Å². The number of methoxy groups -OCH3 is 1. The Bertz CT molecular complexity index is 1390. The fraction of sp³-hybridized carbons (Fsp3) is 0.250. The third-order valence-corrected chi connectivity index (χ3v) is 7.36. The average molecular weight is 515 g/mol. The Kier molecular flexibility index (Phi) is 7.30. The number of hydrogen-bond acceptors (Lipinski definition) is 7. The topological polar surface area (TPSA) is 104 Å². The number of amides is 2. The highest BCUT2D eigenvalue weighted by atomic mass is 32.2. The van der Waals surface area contributed by atoms with Gasteiger partial charge in [0.25, 0.3) is 0 Å². The van der Waals surface area contributed by atoms with Gasteiger partial charge in [0.05, 0.1) is 36.7 Å². The molecule has 0 spiro atoms. The highest BCUT2D eigenvalue weighted by Crippen LogP contribution is 2.35. The summed E-state index contributed by atoms with van der Waals surface area (Å²) in [6.07, 6.45) is 0.0934. The highest BCUT2D eigenvalue weighted by Gasteiger charge is 2.32. The van der Waals surface area contributed by atoms with Crippen molar-refractivity contribution in [1.29, 1.82) is 5.26 Å². The van der Waals surface area contributed by atoms with E-state index in [1.54, 1.807) is 18.1 Å². The smallest absolute Gasteiger partial charge is 0.414 e. The number of rotatable bonds is 8. The molecule has 3 aromatic rings. The van der Waals surface area contributed by atoms with Crippen LogP contribution in [0.25, 0.3) is 11.1 Å². The van der Waals surface area contributed by atoms with Gasteiger partial charge in [-0.2, -0.15) is 5.26 Å². The second kappa shape index (κ2) is 10.9. The lowest BCUT2D eigenvalue weighted by molar-refractivity contribution is -0.113. The lowest BCUT2D eigenvalue weighted by Crippen LogP contribution is -2.26. The molecule has 0 bridgehead atoms. The first kappa shape index (κ1) is 24.7. The molecule has 2 amide bonds. The maximum absolute atomic E-state index is 12.5. The summed E-state index contributed by atoms with van der Waals surface area (Å²) in [4.78, 5) is 26.8. The molecule has 3 aromatic carbocycles. The van der Waals surface area contributed by atoms with Crippen molar-refractivity contribution >= 4 is 35.1 Å². The monoisotopic (exact) mass is 514 g/mol. The van der Waals surface area contributed by atoms with Crippen molar-refractivity contribution in [3.05, 3.63) is 71.8 Å². The number of fused-ring (bicyclic) bond motifs is 1. The number of cyclic esters (lactones) is 1. The van der Waals surface area contributed by atoms with Gasteiger partial charge in [0.15, 0.2) is 0 Å². The number of ether oxygens (including phenoxy) is 2. The van der Waals surface area contributed by atoms with E-state index in [1.807, 2.05) is 48.5 Å². The van der Waals surface area contributed by atoms with E-state index in [4.69, 9.17) is 9.47 Å². The number of thioether (sulfide) groups is 1. The number of nitrogens with zero attached hydrogens (tertiary/aromatic N) is 2. The van der Waals surface area contributed by atoms with Gasteiger partial charge in [-0.3, -0.25) is 9.69 Å². The standard InChI is InChI=1S/C28H26N4O4S/c1-35-24-11-19(14-29)10-21(12-24)20-4-2-3-18(9-20)15-30-8-7-23-16-32(28(34)36-23)22-5-6-26-25(13-22)31-27(33)17-37-26/h2-6,9-13,23,30H,7-8,15-17H2,1H3,(H,31,33). The van der Waals surface area contributed by atoms with Crippen molar-refractivity contribution in [1.82, 2.24) is 5.32 Å². The first-order valence-electron chi connectivity index (χ1n) is 12.0. The molecule has 2 N–H and O–H groups in total. The second-order valence-electron chi connectivity index (χ2n) is 8.86. The van der Waals surface area contributed by atoms with E-state index in [0.717, 1.165) is 33.0 Å². The molecule has 2 aliphatic rings.